The van der Waals surface area contributed by atoms with E-state index in [2.05, 4.69) is 10.3 Å². The van der Waals surface area contributed by atoms with Gasteiger partial charge in [0.2, 0.25) is 0 Å². The van der Waals surface area contributed by atoms with Crippen molar-refractivity contribution in [3.63, 3.8) is 0 Å². The van der Waals surface area contributed by atoms with Crippen LogP contribution in [0.1, 0.15) is 5.56 Å². The number of amides is 2. The van der Waals surface area contributed by atoms with Gasteiger partial charge in [-0.3, -0.25) is 14.6 Å². The first kappa shape index (κ1) is 14.8. The Balaban J connectivity index is 1.64. The molecule has 2 amide bonds. The van der Waals surface area contributed by atoms with Gasteiger partial charge in [-0.25, -0.2) is 4.90 Å². The summed E-state index contributed by atoms with van der Waals surface area (Å²) >= 11 is 6.14. The van der Waals surface area contributed by atoms with Gasteiger partial charge >= 0.3 is 0 Å². The van der Waals surface area contributed by atoms with E-state index in [1.54, 1.807) is 29.3 Å². The molecular weight excluding hydrogens is 328 g/mol. The number of halogens is 1. The molecule has 0 saturated carbocycles. The molecule has 0 bridgehead atoms. The summed E-state index contributed by atoms with van der Waals surface area (Å²) in [6.45, 7) is 0.418. The zero-order chi connectivity index (χ0) is 16.7. The molecule has 1 fully saturated rings. The third-order valence-corrected chi connectivity index (χ3v) is 4.46. The van der Waals surface area contributed by atoms with Crippen LogP contribution in [0.5, 0.6) is 0 Å². The van der Waals surface area contributed by atoms with E-state index in [4.69, 9.17) is 11.6 Å². The molecule has 0 unspecified atom stereocenters. The normalized spacial score (nSPS) is 22.4. The second kappa shape index (κ2) is 5.72. The van der Waals surface area contributed by atoms with E-state index in [-0.39, 0.29) is 5.91 Å². The van der Waals surface area contributed by atoms with Crippen LogP contribution in [-0.2, 0) is 16.1 Å². The lowest BCUT2D eigenvalue weighted by Crippen LogP contribution is -2.39. The Kier molecular flexibility index (Phi) is 3.54. The molecule has 2 heterocycles. The number of hydrogen-bond donors (Lipinski definition) is 0. The number of carbonyl (C=O) groups excluding carboxylic acids is 2. The fraction of sp³-hybridized carbons (Fsp3) is 0.176. The summed E-state index contributed by atoms with van der Waals surface area (Å²) in [5, 5.41) is 9.95. The molecule has 0 N–H and O–H groups in total. The summed E-state index contributed by atoms with van der Waals surface area (Å²) in [4.78, 5) is 26.6. The van der Waals surface area contributed by atoms with Crippen molar-refractivity contribution >= 4 is 29.1 Å². The highest BCUT2D eigenvalue weighted by molar-refractivity contribution is 6.36. The van der Waals surface area contributed by atoms with Gasteiger partial charge in [-0.15, -0.1) is 0 Å². The van der Waals surface area contributed by atoms with Gasteiger partial charge in [0.15, 0.2) is 12.1 Å². The summed E-state index contributed by atoms with van der Waals surface area (Å²) in [5.74, 6) is -0.739. The van der Waals surface area contributed by atoms with E-state index in [1.807, 2.05) is 30.3 Å². The summed E-state index contributed by atoms with van der Waals surface area (Å²) in [6, 6.07) is 14.9. The topological polar surface area (TPSA) is 65.3 Å². The van der Waals surface area contributed by atoms with Crippen LogP contribution in [0.4, 0.5) is 5.69 Å². The molecule has 0 radical (unpaired) electrons. The molecule has 1 saturated heterocycles. The number of benzene rings is 2. The molecule has 6 nitrogen and oxygen atoms in total. The fourth-order valence-electron chi connectivity index (χ4n) is 2.99. The maximum absolute atomic E-state index is 12.8. The standard InChI is InChI=1S/C17H13ClN4O2/c18-12-8-4-5-9-13(12)22-16(23)14-15(17(22)24)21(20-19-14)10-11-6-2-1-3-7-11/h1-9,14-15H,10H2/t14-,15+/m0/s1. The van der Waals surface area contributed by atoms with Crippen molar-refractivity contribution in [1.29, 1.82) is 0 Å². The molecule has 2 atom stereocenters. The molecule has 0 spiro atoms. The summed E-state index contributed by atoms with van der Waals surface area (Å²) in [5.41, 5.74) is 1.38. The maximum Gasteiger partial charge on any atom is 0.263 e. The van der Waals surface area contributed by atoms with Crippen molar-refractivity contribution in [2.45, 2.75) is 18.6 Å². The van der Waals surface area contributed by atoms with Crippen LogP contribution in [0.15, 0.2) is 64.9 Å². The average Bonchev–Trinajstić information content (AvgIpc) is 3.10. The van der Waals surface area contributed by atoms with E-state index >= 15 is 0 Å². The van der Waals surface area contributed by atoms with Crippen LogP contribution < -0.4 is 4.90 Å². The van der Waals surface area contributed by atoms with Crippen LogP contribution in [0.2, 0.25) is 5.02 Å². The molecule has 2 aromatic rings. The number of hydrogen-bond acceptors (Lipinski definition) is 5. The van der Waals surface area contributed by atoms with Gasteiger partial charge in [-0.1, -0.05) is 59.3 Å². The number of para-hydroxylation sites is 1. The van der Waals surface area contributed by atoms with Crippen LogP contribution >= 0.6 is 11.6 Å². The minimum absolute atomic E-state index is 0.348. The minimum Gasteiger partial charge on any atom is -0.271 e. The second-order valence-corrected chi connectivity index (χ2v) is 6.05. The van der Waals surface area contributed by atoms with E-state index in [0.29, 0.717) is 17.3 Å². The van der Waals surface area contributed by atoms with Crippen LogP contribution in [-0.4, -0.2) is 28.9 Å². The molecule has 7 heteroatoms. The Morgan fingerprint density at radius 3 is 2.42 bits per heavy atom. The fourth-order valence-corrected chi connectivity index (χ4v) is 3.22. The lowest BCUT2D eigenvalue weighted by Gasteiger charge is -2.21. The molecule has 120 valence electrons. The van der Waals surface area contributed by atoms with Gasteiger partial charge in [0.25, 0.3) is 11.8 Å². The van der Waals surface area contributed by atoms with Crippen LogP contribution in [0.3, 0.4) is 0 Å². The molecule has 0 aliphatic carbocycles. The molecule has 2 aliphatic rings. The van der Waals surface area contributed by atoms with Crippen molar-refractivity contribution in [3.8, 4) is 0 Å². The highest BCUT2D eigenvalue weighted by atomic mass is 35.5. The molecule has 2 aromatic carbocycles. The first-order chi connectivity index (χ1) is 11.7. The van der Waals surface area contributed by atoms with Crippen molar-refractivity contribution < 1.29 is 9.59 Å². The van der Waals surface area contributed by atoms with E-state index in [9.17, 15) is 9.59 Å². The average molecular weight is 341 g/mol. The predicted octanol–water partition coefficient (Wildman–Crippen LogP) is 2.83. The Morgan fingerprint density at radius 2 is 1.67 bits per heavy atom. The van der Waals surface area contributed by atoms with Gasteiger partial charge in [0.05, 0.1) is 17.3 Å². The van der Waals surface area contributed by atoms with Gasteiger partial charge in [0, 0.05) is 0 Å². The van der Waals surface area contributed by atoms with Crippen molar-refractivity contribution in [2.24, 2.45) is 10.3 Å². The van der Waals surface area contributed by atoms with Gasteiger partial charge in [0.1, 0.15) is 0 Å². The number of fused-ring (bicyclic) bond motifs is 1. The quantitative estimate of drug-likeness (QED) is 0.807. The highest BCUT2D eigenvalue weighted by Crippen LogP contribution is 2.35. The smallest absolute Gasteiger partial charge is 0.263 e. The Labute approximate surface area is 143 Å². The number of anilines is 1. The van der Waals surface area contributed by atoms with Gasteiger partial charge in [-0.2, -0.15) is 5.11 Å². The number of rotatable bonds is 3. The molecular formula is C17H13ClN4O2. The van der Waals surface area contributed by atoms with Crippen LogP contribution in [0.25, 0.3) is 0 Å². The van der Waals surface area contributed by atoms with E-state index < -0.39 is 18.0 Å². The number of imide groups is 1. The Morgan fingerprint density at radius 1 is 0.958 bits per heavy atom. The summed E-state index contributed by atoms with van der Waals surface area (Å²) < 4.78 is 0. The second-order valence-electron chi connectivity index (χ2n) is 5.64. The third kappa shape index (κ3) is 2.27. The zero-order valence-corrected chi connectivity index (χ0v) is 13.3. The van der Waals surface area contributed by atoms with Crippen molar-refractivity contribution in [1.82, 2.24) is 5.01 Å². The first-order valence-electron chi connectivity index (χ1n) is 7.50. The Bertz CT molecular complexity index is 839. The summed E-state index contributed by atoms with van der Waals surface area (Å²) in [7, 11) is 0. The van der Waals surface area contributed by atoms with Gasteiger partial charge < -0.3 is 0 Å². The largest absolute Gasteiger partial charge is 0.271 e. The van der Waals surface area contributed by atoms with Crippen molar-refractivity contribution in [2.75, 3.05) is 4.90 Å². The van der Waals surface area contributed by atoms with Gasteiger partial charge in [-0.05, 0) is 17.7 Å². The lowest BCUT2D eigenvalue weighted by atomic mass is 10.1. The van der Waals surface area contributed by atoms with E-state index in [1.165, 1.54) is 0 Å². The molecule has 4 rings (SSSR count). The summed E-state index contributed by atoms with van der Waals surface area (Å²) in [6.07, 6.45) is 0. The Hall–Kier alpha value is -2.73. The molecule has 2 aliphatic heterocycles. The highest BCUT2D eigenvalue weighted by Gasteiger charge is 2.55. The monoisotopic (exact) mass is 340 g/mol. The maximum atomic E-state index is 12.8. The molecule has 0 aromatic heterocycles. The first-order valence-corrected chi connectivity index (χ1v) is 7.88. The van der Waals surface area contributed by atoms with Crippen molar-refractivity contribution in [3.05, 3.63) is 65.2 Å². The SMILES string of the molecule is O=C1[C@H]2N=NN(Cc3ccccc3)[C@H]2C(=O)N1c1ccccc1Cl. The van der Waals surface area contributed by atoms with Crippen LogP contribution in [0, 0.1) is 0 Å². The molecule has 24 heavy (non-hydrogen) atoms. The lowest BCUT2D eigenvalue weighted by molar-refractivity contribution is -0.123. The van der Waals surface area contributed by atoms with E-state index in [0.717, 1.165) is 10.5 Å². The third-order valence-electron chi connectivity index (χ3n) is 4.14. The number of carbonyl (C=O) groups is 2. The predicted molar refractivity (Wildman–Crippen MR) is 88.4 cm³/mol. The zero-order valence-electron chi connectivity index (χ0n) is 12.5. The minimum atomic E-state index is -0.808. The number of nitrogens with zero attached hydrogens (tertiary/aromatic N) is 4.